The summed E-state index contributed by atoms with van der Waals surface area (Å²) in [5.41, 5.74) is 5.64. The van der Waals surface area contributed by atoms with Crippen LogP contribution in [0, 0.1) is 11.8 Å². The van der Waals surface area contributed by atoms with Crippen molar-refractivity contribution in [1.29, 1.82) is 0 Å². The van der Waals surface area contributed by atoms with Crippen molar-refractivity contribution in [2.45, 2.75) is 46.1 Å². The molecule has 0 aromatic carbocycles. The topological polar surface area (TPSA) is 75.3 Å². The summed E-state index contributed by atoms with van der Waals surface area (Å²) in [5, 5.41) is 11.8. The van der Waals surface area contributed by atoms with Crippen LogP contribution in [-0.2, 0) is 4.79 Å². The standard InChI is InChI=1S/C12H26N2O2/c1-4-11(8-15)14-12(16)6-10(7-13)5-9(2)3/h9-11,15H,4-8,13H2,1-3H3,(H,14,16)/t10-,11+/m0/s1. The number of nitrogens with two attached hydrogens (primary N) is 1. The van der Waals surface area contributed by atoms with Crippen molar-refractivity contribution in [3.8, 4) is 0 Å². The van der Waals surface area contributed by atoms with E-state index in [4.69, 9.17) is 10.8 Å². The van der Waals surface area contributed by atoms with Gasteiger partial charge in [-0.3, -0.25) is 4.79 Å². The zero-order chi connectivity index (χ0) is 12.6. The summed E-state index contributed by atoms with van der Waals surface area (Å²) >= 11 is 0. The Hall–Kier alpha value is -0.610. The van der Waals surface area contributed by atoms with E-state index in [0.29, 0.717) is 18.9 Å². The summed E-state index contributed by atoms with van der Waals surface area (Å²) in [6.45, 7) is 6.74. The van der Waals surface area contributed by atoms with Crippen LogP contribution >= 0.6 is 0 Å². The molecule has 0 aliphatic heterocycles. The normalized spacial score (nSPS) is 14.9. The van der Waals surface area contributed by atoms with E-state index in [-0.39, 0.29) is 24.5 Å². The molecular weight excluding hydrogens is 204 g/mol. The molecule has 0 saturated heterocycles. The first-order valence-electron chi connectivity index (χ1n) is 6.13. The Morgan fingerprint density at radius 3 is 2.44 bits per heavy atom. The van der Waals surface area contributed by atoms with Gasteiger partial charge in [0.2, 0.25) is 5.91 Å². The van der Waals surface area contributed by atoms with Crippen molar-refractivity contribution >= 4 is 5.91 Å². The highest BCUT2D eigenvalue weighted by molar-refractivity contribution is 5.76. The Balaban J connectivity index is 3.99. The van der Waals surface area contributed by atoms with Crippen molar-refractivity contribution < 1.29 is 9.90 Å². The van der Waals surface area contributed by atoms with Crippen LogP contribution in [0.3, 0.4) is 0 Å². The lowest BCUT2D eigenvalue weighted by atomic mass is 9.94. The van der Waals surface area contributed by atoms with Gasteiger partial charge >= 0.3 is 0 Å². The van der Waals surface area contributed by atoms with E-state index >= 15 is 0 Å². The first-order valence-corrected chi connectivity index (χ1v) is 6.13. The Kier molecular flexibility index (Phi) is 8.21. The van der Waals surface area contributed by atoms with Gasteiger partial charge in [0.25, 0.3) is 0 Å². The molecule has 0 saturated carbocycles. The summed E-state index contributed by atoms with van der Waals surface area (Å²) in [7, 11) is 0. The number of aliphatic hydroxyl groups excluding tert-OH is 1. The summed E-state index contributed by atoms with van der Waals surface area (Å²) in [6.07, 6.45) is 2.19. The van der Waals surface area contributed by atoms with E-state index in [1.807, 2.05) is 6.92 Å². The molecule has 0 aromatic heterocycles. The highest BCUT2D eigenvalue weighted by Crippen LogP contribution is 2.14. The Morgan fingerprint density at radius 2 is 2.06 bits per heavy atom. The molecule has 0 radical (unpaired) electrons. The predicted octanol–water partition coefficient (Wildman–Crippen LogP) is 0.885. The minimum atomic E-state index is -0.120. The van der Waals surface area contributed by atoms with Crippen LogP contribution in [0.5, 0.6) is 0 Å². The molecule has 0 rings (SSSR count). The average molecular weight is 230 g/mol. The molecule has 4 nitrogen and oxygen atoms in total. The third kappa shape index (κ3) is 6.80. The highest BCUT2D eigenvalue weighted by atomic mass is 16.3. The van der Waals surface area contributed by atoms with Gasteiger partial charge in [0, 0.05) is 6.42 Å². The van der Waals surface area contributed by atoms with Crippen LogP contribution in [0.2, 0.25) is 0 Å². The largest absolute Gasteiger partial charge is 0.394 e. The maximum atomic E-state index is 11.6. The van der Waals surface area contributed by atoms with E-state index in [2.05, 4.69) is 19.2 Å². The van der Waals surface area contributed by atoms with Crippen molar-refractivity contribution in [3.63, 3.8) is 0 Å². The number of amides is 1. The lowest BCUT2D eigenvalue weighted by molar-refractivity contribution is -0.123. The van der Waals surface area contributed by atoms with E-state index in [0.717, 1.165) is 12.8 Å². The van der Waals surface area contributed by atoms with Gasteiger partial charge in [0.05, 0.1) is 12.6 Å². The number of rotatable bonds is 8. The van der Waals surface area contributed by atoms with Gasteiger partial charge < -0.3 is 16.2 Å². The summed E-state index contributed by atoms with van der Waals surface area (Å²) < 4.78 is 0. The molecule has 4 N–H and O–H groups in total. The number of nitrogens with one attached hydrogen (secondary N) is 1. The first-order chi connectivity index (χ1) is 7.53. The molecule has 0 heterocycles. The van der Waals surface area contributed by atoms with Crippen LogP contribution in [0.15, 0.2) is 0 Å². The quantitative estimate of drug-likeness (QED) is 0.579. The lowest BCUT2D eigenvalue weighted by Crippen LogP contribution is -2.38. The Labute approximate surface area is 98.6 Å². The van der Waals surface area contributed by atoms with Crippen LogP contribution in [0.25, 0.3) is 0 Å². The van der Waals surface area contributed by atoms with Crippen molar-refractivity contribution in [3.05, 3.63) is 0 Å². The second kappa shape index (κ2) is 8.53. The predicted molar refractivity (Wildman–Crippen MR) is 65.9 cm³/mol. The second-order valence-corrected chi connectivity index (χ2v) is 4.79. The van der Waals surface area contributed by atoms with Gasteiger partial charge in [-0.1, -0.05) is 20.8 Å². The molecule has 16 heavy (non-hydrogen) atoms. The third-order valence-corrected chi connectivity index (χ3v) is 2.69. The highest BCUT2D eigenvalue weighted by Gasteiger charge is 2.16. The molecular formula is C12H26N2O2. The van der Waals surface area contributed by atoms with Crippen molar-refractivity contribution in [2.75, 3.05) is 13.2 Å². The van der Waals surface area contributed by atoms with Crippen LogP contribution in [0.4, 0.5) is 0 Å². The van der Waals surface area contributed by atoms with Crippen LogP contribution < -0.4 is 11.1 Å². The summed E-state index contributed by atoms with van der Waals surface area (Å²) in [4.78, 5) is 11.6. The molecule has 0 aliphatic carbocycles. The molecule has 2 atom stereocenters. The molecule has 0 aromatic rings. The van der Waals surface area contributed by atoms with Crippen LogP contribution in [-0.4, -0.2) is 30.2 Å². The van der Waals surface area contributed by atoms with Crippen LogP contribution in [0.1, 0.15) is 40.0 Å². The molecule has 0 fully saturated rings. The van der Waals surface area contributed by atoms with E-state index in [9.17, 15) is 4.79 Å². The minimum absolute atomic E-state index is 0.000285. The molecule has 4 heteroatoms. The molecule has 0 bridgehead atoms. The number of hydrogen-bond acceptors (Lipinski definition) is 3. The fourth-order valence-electron chi connectivity index (χ4n) is 1.76. The molecule has 96 valence electrons. The first kappa shape index (κ1) is 15.4. The fourth-order valence-corrected chi connectivity index (χ4v) is 1.76. The molecule has 0 unspecified atom stereocenters. The monoisotopic (exact) mass is 230 g/mol. The minimum Gasteiger partial charge on any atom is -0.394 e. The van der Waals surface area contributed by atoms with Gasteiger partial charge in [-0.05, 0) is 31.2 Å². The van der Waals surface area contributed by atoms with Crippen molar-refractivity contribution in [1.82, 2.24) is 5.32 Å². The van der Waals surface area contributed by atoms with Gasteiger partial charge in [0.15, 0.2) is 0 Å². The van der Waals surface area contributed by atoms with E-state index in [1.165, 1.54) is 0 Å². The SMILES string of the molecule is CC[C@H](CO)NC(=O)C[C@@H](CN)CC(C)C. The van der Waals surface area contributed by atoms with Gasteiger partial charge in [-0.25, -0.2) is 0 Å². The molecule has 1 amide bonds. The Bertz CT molecular complexity index is 191. The van der Waals surface area contributed by atoms with E-state index < -0.39 is 0 Å². The maximum absolute atomic E-state index is 11.6. The smallest absolute Gasteiger partial charge is 0.220 e. The third-order valence-electron chi connectivity index (χ3n) is 2.69. The van der Waals surface area contributed by atoms with Gasteiger partial charge in [0.1, 0.15) is 0 Å². The molecule has 0 aliphatic rings. The summed E-state index contributed by atoms with van der Waals surface area (Å²) in [5.74, 6) is 0.800. The number of carbonyl (C=O) groups excluding carboxylic acids is 1. The zero-order valence-electron chi connectivity index (χ0n) is 10.7. The zero-order valence-corrected chi connectivity index (χ0v) is 10.7. The van der Waals surface area contributed by atoms with E-state index in [1.54, 1.807) is 0 Å². The molecule has 0 spiro atoms. The number of hydrogen-bond donors (Lipinski definition) is 3. The summed E-state index contributed by atoms with van der Waals surface area (Å²) in [6, 6.07) is -0.120. The Morgan fingerprint density at radius 1 is 1.44 bits per heavy atom. The fraction of sp³-hybridized carbons (Fsp3) is 0.917. The number of aliphatic hydroxyl groups is 1. The van der Waals surface area contributed by atoms with Gasteiger partial charge in [-0.2, -0.15) is 0 Å². The maximum Gasteiger partial charge on any atom is 0.220 e. The van der Waals surface area contributed by atoms with Gasteiger partial charge in [-0.15, -0.1) is 0 Å². The van der Waals surface area contributed by atoms with Crippen molar-refractivity contribution in [2.24, 2.45) is 17.6 Å². The second-order valence-electron chi connectivity index (χ2n) is 4.79. The lowest BCUT2D eigenvalue weighted by Gasteiger charge is -2.19. The number of carbonyl (C=O) groups is 1. The average Bonchev–Trinajstić information content (AvgIpc) is 2.24.